The van der Waals surface area contributed by atoms with Crippen molar-refractivity contribution in [1.82, 2.24) is 9.78 Å². The predicted molar refractivity (Wildman–Crippen MR) is 152 cm³/mol. The van der Waals surface area contributed by atoms with E-state index >= 15 is 0 Å². The van der Waals surface area contributed by atoms with Gasteiger partial charge < -0.3 is 4.74 Å². The highest BCUT2D eigenvalue weighted by Gasteiger charge is 2.21. The van der Waals surface area contributed by atoms with Crippen LogP contribution >= 0.6 is 0 Å². The van der Waals surface area contributed by atoms with Gasteiger partial charge in [0, 0.05) is 29.7 Å². The molecule has 1 aromatic heterocycles. The minimum Gasteiger partial charge on any atom is -0.469 e. The van der Waals surface area contributed by atoms with Crippen LogP contribution in [-0.2, 0) is 16.1 Å². The number of ether oxygens (including phenoxy) is 1. The van der Waals surface area contributed by atoms with E-state index in [9.17, 15) is 4.79 Å². The van der Waals surface area contributed by atoms with E-state index in [1.807, 2.05) is 6.07 Å². The van der Waals surface area contributed by atoms with E-state index < -0.39 is 0 Å². The molecule has 0 aliphatic heterocycles. The Hall–Kier alpha value is -3.92. The van der Waals surface area contributed by atoms with E-state index in [2.05, 4.69) is 106 Å². The summed E-state index contributed by atoms with van der Waals surface area (Å²) in [5, 5.41) is 5.19. The Balaban J connectivity index is 1.49. The summed E-state index contributed by atoms with van der Waals surface area (Å²) in [5.41, 5.74) is 6.90. The fraction of sp³-hybridized carbons (Fsp3) is 0.273. The molecule has 190 valence electrons. The van der Waals surface area contributed by atoms with Crippen LogP contribution in [0.4, 0.5) is 0 Å². The first-order chi connectivity index (χ1) is 18.3. The van der Waals surface area contributed by atoms with Crippen LogP contribution in [0.1, 0.15) is 44.9 Å². The molecule has 37 heavy (non-hydrogen) atoms. The summed E-state index contributed by atoms with van der Waals surface area (Å²) >= 11 is 0. The van der Waals surface area contributed by atoms with E-state index in [1.54, 1.807) is 0 Å². The molecule has 4 aromatic rings. The Morgan fingerprint density at radius 2 is 1.30 bits per heavy atom. The van der Waals surface area contributed by atoms with Crippen molar-refractivity contribution in [2.75, 3.05) is 7.11 Å². The summed E-state index contributed by atoms with van der Waals surface area (Å²) in [6.45, 7) is 0.875. The molecule has 0 atom stereocenters. The molecule has 0 aliphatic carbocycles. The van der Waals surface area contributed by atoms with Crippen molar-refractivity contribution >= 4 is 5.97 Å². The second-order valence-electron chi connectivity index (χ2n) is 9.18. The molecule has 0 spiro atoms. The quantitative estimate of drug-likeness (QED) is 0.107. The van der Waals surface area contributed by atoms with Crippen LogP contribution in [0.5, 0.6) is 0 Å². The first-order valence-corrected chi connectivity index (χ1v) is 13.3. The third-order valence-corrected chi connectivity index (χ3v) is 6.50. The number of esters is 1. The van der Waals surface area contributed by atoms with Crippen molar-refractivity contribution in [1.29, 1.82) is 0 Å². The number of aryl methyl sites for hydroxylation is 1. The zero-order chi connectivity index (χ0) is 25.7. The highest BCUT2D eigenvalue weighted by atomic mass is 16.5. The van der Waals surface area contributed by atoms with Crippen LogP contribution in [0.2, 0.25) is 0 Å². The predicted octanol–water partition coefficient (Wildman–Crippen LogP) is 8.34. The molecule has 4 heteroatoms. The van der Waals surface area contributed by atoms with Gasteiger partial charge in [0.25, 0.3) is 0 Å². The van der Waals surface area contributed by atoms with Gasteiger partial charge in [-0.05, 0) is 37.7 Å². The number of allylic oxidation sites excluding steroid dienone is 2. The maximum absolute atomic E-state index is 11.2. The Morgan fingerprint density at radius 1 is 0.730 bits per heavy atom. The van der Waals surface area contributed by atoms with Crippen molar-refractivity contribution in [3.8, 4) is 33.6 Å². The summed E-state index contributed by atoms with van der Waals surface area (Å²) in [6.07, 6.45) is 11.1. The lowest BCUT2D eigenvalue weighted by Gasteiger charge is -2.11. The lowest BCUT2D eigenvalue weighted by Crippen LogP contribution is -2.03. The third kappa shape index (κ3) is 7.29. The van der Waals surface area contributed by atoms with Gasteiger partial charge in [0.2, 0.25) is 0 Å². The Bertz CT molecular complexity index is 1260. The average Bonchev–Trinajstić information content (AvgIpc) is 3.34. The maximum atomic E-state index is 11.2. The maximum Gasteiger partial charge on any atom is 0.305 e. The molecule has 0 fully saturated rings. The summed E-state index contributed by atoms with van der Waals surface area (Å²) < 4.78 is 6.90. The molecule has 4 nitrogen and oxygen atoms in total. The Morgan fingerprint density at radius 3 is 1.92 bits per heavy atom. The monoisotopic (exact) mass is 492 g/mol. The molecule has 0 amide bonds. The van der Waals surface area contributed by atoms with Crippen molar-refractivity contribution in [3.63, 3.8) is 0 Å². The first kappa shape index (κ1) is 26.2. The van der Waals surface area contributed by atoms with Crippen LogP contribution < -0.4 is 0 Å². The summed E-state index contributed by atoms with van der Waals surface area (Å²) in [7, 11) is 1.44. The second kappa shape index (κ2) is 14.0. The average molecular weight is 493 g/mol. The van der Waals surface area contributed by atoms with Crippen molar-refractivity contribution in [3.05, 3.63) is 103 Å². The second-order valence-corrected chi connectivity index (χ2v) is 9.18. The zero-order valence-corrected chi connectivity index (χ0v) is 21.7. The number of hydrogen-bond donors (Lipinski definition) is 0. The van der Waals surface area contributed by atoms with Crippen molar-refractivity contribution in [2.45, 2.75) is 51.5 Å². The van der Waals surface area contributed by atoms with Gasteiger partial charge in [-0.1, -0.05) is 110 Å². The Labute approximate surface area is 220 Å². The van der Waals surface area contributed by atoms with Gasteiger partial charge in [0.15, 0.2) is 0 Å². The number of hydrogen-bond acceptors (Lipinski definition) is 3. The van der Waals surface area contributed by atoms with Gasteiger partial charge >= 0.3 is 5.97 Å². The summed E-state index contributed by atoms with van der Waals surface area (Å²) in [5.74, 6) is -0.132. The third-order valence-electron chi connectivity index (χ3n) is 6.50. The normalized spacial score (nSPS) is 11.2. The van der Waals surface area contributed by atoms with E-state index in [4.69, 9.17) is 5.10 Å². The van der Waals surface area contributed by atoms with Gasteiger partial charge in [-0.25, -0.2) is 0 Å². The number of benzene rings is 3. The highest BCUT2D eigenvalue weighted by Crippen LogP contribution is 2.40. The highest BCUT2D eigenvalue weighted by molar-refractivity contribution is 5.91. The Kier molecular flexibility index (Phi) is 9.88. The molecule has 1 heterocycles. The van der Waals surface area contributed by atoms with Gasteiger partial charge in [-0.15, -0.1) is 0 Å². The molecule has 0 unspecified atom stereocenters. The fourth-order valence-corrected chi connectivity index (χ4v) is 4.59. The standard InChI is InChI=1S/C33H36N2O2/c1-37-30(36)25-17-6-4-2-3-5-7-18-26-35-33(29-23-15-10-16-24-29)31(27-19-11-8-12-20-27)32(34-35)28-21-13-9-14-22-28/h2,4,8-16,19-24H,3,5-7,17-18,25-26H2,1H3. The number of nitrogens with zero attached hydrogens (tertiary/aromatic N) is 2. The zero-order valence-electron chi connectivity index (χ0n) is 21.7. The molecule has 0 radical (unpaired) electrons. The molecule has 0 saturated heterocycles. The number of aromatic nitrogens is 2. The van der Waals surface area contributed by atoms with Crippen molar-refractivity contribution in [2.24, 2.45) is 0 Å². The van der Waals surface area contributed by atoms with E-state index in [-0.39, 0.29) is 5.97 Å². The number of unbranched alkanes of at least 4 members (excludes halogenated alkanes) is 4. The molecule has 0 saturated carbocycles. The van der Waals surface area contributed by atoms with Gasteiger partial charge in [0.1, 0.15) is 5.69 Å². The van der Waals surface area contributed by atoms with Crippen LogP contribution in [0.15, 0.2) is 103 Å². The van der Waals surface area contributed by atoms with E-state index in [0.29, 0.717) is 6.42 Å². The van der Waals surface area contributed by atoms with Crippen LogP contribution in [-0.4, -0.2) is 22.9 Å². The van der Waals surface area contributed by atoms with Gasteiger partial charge in [-0.2, -0.15) is 5.10 Å². The molecule has 0 bridgehead atoms. The minimum absolute atomic E-state index is 0.132. The smallest absolute Gasteiger partial charge is 0.305 e. The molecular formula is C33H36N2O2. The number of carbonyl (C=O) groups is 1. The van der Waals surface area contributed by atoms with Crippen LogP contribution in [0.25, 0.3) is 33.6 Å². The van der Waals surface area contributed by atoms with E-state index in [0.717, 1.165) is 56.3 Å². The topological polar surface area (TPSA) is 44.1 Å². The van der Waals surface area contributed by atoms with Crippen LogP contribution in [0, 0.1) is 0 Å². The number of methoxy groups -OCH3 is 1. The number of carbonyl (C=O) groups excluding carboxylic acids is 1. The number of rotatable bonds is 13. The van der Waals surface area contributed by atoms with E-state index in [1.165, 1.54) is 29.5 Å². The summed E-state index contributed by atoms with van der Waals surface area (Å²) in [4.78, 5) is 11.2. The molecule has 0 aliphatic rings. The van der Waals surface area contributed by atoms with Crippen LogP contribution in [0.3, 0.4) is 0 Å². The lowest BCUT2D eigenvalue weighted by atomic mass is 9.96. The molecule has 0 N–H and O–H groups in total. The molecular weight excluding hydrogens is 456 g/mol. The minimum atomic E-state index is -0.132. The first-order valence-electron chi connectivity index (χ1n) is 13.3. The van der Waals surface area contributed by atoms with Crippen molar-refractivity contribution < 1.29 is 9.53 Å². The van der Waals surface area contributed by atoms with Gasteiger partial charge in [0.05, 0.1) is 12.8 Å². The molecule has 3 aromatic carbocycles. The summed E-state index contributed by atoms with van der Waals surface area (Å²) in [6, 6.07) is 31.7. The lowest BCUT2D eigenvalue weighted by molar-refractivity contribution is -0.140. The van der Waals surface area contributed by atoms with Gasteiger partial charge in [-0.3, -0.25) is 9.48 Å². The fourth-order valence-electron chi connectivity index (χ4n) is 4.59. The largest absolute Gasteiger partial charge is 0.469 e. The SMILES string of the molecule is COC(=O)CCCC=CCCCCCn1nc(-c2ccccc2)c(-c2ccccc2)c1-c1ccccc1. The molecule has 4 rings (SSSR count).